The molecule has 30 heavy (non-hydrogen) atoms. The maximum atomic E-state index is 12.4. The maximum absolute atomic E-state index is 12.4. The van der Waals surface area contributed by atoms with Crippen LogP contribution in [0, 0.1) is 0 Å². The standard InChI is InChI=1S/C23H31N3O4/c27-22(25-23(28)24-11-10-17-5-2-1-3-6-17)16-26-12-4-7-19(26)18-8-9-20-21(15-18)30-14-13-29-20/h5,8-9,15,19H,1-4,6-7,10-14,16H2,(H2,24,25,27,28)/p+1/t19-/m0/s1. The second-order valence-electron chi connectivity index (χ2n) is 8.35. The predicted molar refractivity (Wildman–Crippen MR) is 113 cm³/mol. The minimum absolute atomic E-state index is 0.230. The van der Waals surface area contributed by atoms with Gasteiger partial charge in [0.2, 0.25) is 0 Å². The molecule has 2 aliphatic heterocycles. The number of carbonyl (C=O) groups is 2. The first kappa shape index (κ1) is 20.7. The number of urea groups is 1. The quantitative estimate of drug-likeness (QED) is 0.621. The molecule has 1 unspecified atom stereocenters. The van der Waals surface area contributed by atoms with Gasteiger partial charge in [0.1, 0.15) is 19.3 Å². The third kappa shape index (κ3) is 5.33. The molecule has 0 saturated carbocycles. The van der Waals surface area contributed by atoms with Gasteiger partial charge in [-0.1, -0.05) is 11.6 Å². The average molecular weight is 415 g/mol. The summed E-state index contributed by atoms with van der Waals surface area (Å²) in [6.07, 6.45) is 9.99. The van der Waals surface area contributed by atoms with E-state index in [-0.39, 0.29) is 18.5 Å². The molecule has 1 aromatic carbocycles. The molecule has 0 aromatic heterocycles. The number of amides is 3. The summed E-state index contributed by atoms with van der Waals surface area (Å²) in [7, 11) is 0. The Balaban J connectivity index is 1.25. The van der Waals surface area contributed by atoms with E-state index in [0.29, 0.717) is 19.8 Å². The van der Waals surface area contributed by atoms with Gasteiger partial charge in [-0.3, -0.25) is 10.1 Å². The van der Waals surface area contributed by atoms with Crippen molar-refractivity contribution in [2.45, 2.75) is 51.0 Å². The van der Waals surface area contributed by atoms with Crippen LogP contribution in [0.15, 0.2) is 29.8 Å². The number of ether oxygens (including phenoxy) is 2. The van der Waals surface area contributed by atoms with Crippen LogP contribution in [0.5, 0.6) is 11.5 Å². The van der Waals surface area contributed by atoms with Crippen molar-refractivity contribution >= 4 is 11.9 Å². The van der Waals surface area contributed by atoms with Crippen LogP contribution in [-0.2, 0) is 4.79 Å². The number of likely N-dealkylation sites (tertiary alicyclic amines) is 1. The van der Waals surface area contributed by atoms with E-state index in [2.05, 4.69) is 22.8 Å². The molecule has 1 aromatic rings. The fourth-order valence-electron chi connectivity index (χ4n) is 4.69. The Hall–Kier alpha value is -2.54. The van der Waals surface area contributed by atoms with E-state index < -0.39 is 6.03 Å². The number of carbonyl (C=O) groups excluding carboxylic acids is 2. The Kier molecular flexibility index (Phi) is 6.89. The Morgan fingerprint density at radius 1 is 1.10 bits per heavy atom. The van der Waals surface area contributed by atoms with Crippen molar-refractivity contribution in [3.8, 4) is 11.5 Å². The van der Waals surface area contributed by atoms with Gasteiger partial charge in [0.05, 0.1) is 6.54 Å². The number of nitrogens with one attached hydrogen (secondary N) is 3. The average Bonchev–Trinajstić information content (AvgIpc) is 3.22. The number of imide groups is 1. The molecule has 0 radical (unpaired) electrons. The summed E-state index contributed by atoms with van der Waals surface area (Å²) in [5.41, 5.74) is 2.57. The van der Waals surface area contributed by atoms with Crippen molar-refractivity contribution in [1.29, 1.82) is 0 Å². The van der Waals surface area contributed by atoms with Crippen molar-refractivity contribution in [3.05, 3.63) is 35.4 Å². The minimum atomic E-state index is -0.397. The normalized spacial score (nSPS) is 22.9. The second kappa shape index (κ2) is 9.98. The number of allylic oxidation sites excluding steroid dienone is 1. The lowest BCUT2D eigenvalue weighted by molar-refractivity contribution is -0.910. The second-order valence-corrected chi connectivity index (χ2v) is 8.35. The molecule has 3 amide bonds. The van der Waals surface area contributed by atoms with Crippen molar-refractivity contribution in [3.63, 3.8) is 0 Å². The Labute approximate surface area is 177 Å². The van der Waals surface area contributed by atoms with Gasteiger partial charge < -0.3 is 19.7 Å². The first-order chi connectivity index (χ1) is 14.7. The number of fused-ring (bicyclic) bond motifs is 1. The first-order valence-electron chi connectivity index (χ1n) is 11.2. The first-order valence-corrected chi connectivity index (χ1v) is 11.2. The fraction of sp³-hybridized carbons (Fsp3) is 0.565. The van der Waals surface area contributed by atoms with E-state index >= 15 is 0 Å². The van der Waals surface area contributed by atoms with Crippen molar-refractivity contribution in [2.24, 2.45) is 0 Å². The summed E-state index contributed by atoms with van der Waals surface area (Å²) in [5, 5.41) is 5.30. The lowest BCUT2D eigenvalue weighted by atomic mass is 9.97. The van der Waals surface area contributed by atoms with Crippen LogP contribution >= 0.6 is 0 Å². The lowest BCUT2D eigenvalue weighted by Crippen LogP contribution is -3.11. The number of rotatable bonds is 6. The highest BCUT2D eigenvalue weighted by Crippen LogP contribution is 2.33. The van der Waals surface area contributed by atoms with Crippen LogP contribution in [0.25, 0.3) is 0 Å². The van der Waals surface area contributed by atoms with Gasteiger partial charge in [0.25, 0.3) is 5.91 Å². The van der Waals surface area contributed by atoms with E-state index in [9.17, 15) is 9.59 Å². The highest BCUT2D eigenvalue weighted by Gasteiger charge is 2.32. The zero-order valence-corrected chi connectivity index (χ0v) is 17.5. The van der Waals surface area contributed by atoms with Crippen LogP contribution in [0.1, 0.15) is 56.6 Å². The van der Waals surface area contributed by atoms with Gasteiger partial charge >= 0.3 is 6.03 Å². The Morgan fingerprint density at radius 3 is 2.80 bits per heavy atom. The van der Waals surface area contributed by atoms with Crippen molar-refractivity contribution < 1.29 is 24.0 Å². The number of benzene rings is 1. The van der Waals surface area contributed by atoms with Crippen molar-refractivity contribution in [1.82, 2.24) is 10.6 Å². The summed E-state index contributed by atoms with van der Waals surface area (Å²) in [6.45, 7) is 2.92. The molecule has 0 spiro atoms. The number of hydrogen-bond donors (Lipinski definition) is 3. The molecule has 4 rings (SSSR count). The lowest BCUT2D eigenvalue weighted by Gasteiger charge is -2.24. The highest BCUT2D eigenvalue weighted by molar-refractivity contribution is 5.94. The maximum Gasteiger partial charge on any atom is 0.321 e. The van der Waals surface area contributed by atoms with E-state index in [0.717, 1.165) is 55.7 Å². The number of hydrogen-bond acceptors (Lipinski definition) is 4. The topological polar surface area (TPSA) is 81.1 Å². The predicted octanol–water partition coefficient (Wildman–Crippen LogP) is 1.89. The largest absolute Gasteiger partial charge is 0.486 e. The van der Waals surface area contributed by atoms with Gasteiger partial charge in [-0.25, -0.2) is 4.79 Å². The molecule has 3 N–H and O–H groups in total. The molecule has 1 aliphatic carbocycles. The summed E-state index contributed by atoms with van der Waals surface area (Å²) >= 11 is 0. The monoisotopic (exact) mass is 414 g/mol. The van der Waals surface area contributed by atoms with Gasteiger partial charge in [0, 0.05) is 24.9 Å². The van der Waals surface area contributed by atoms with E-state index in [1.165, 1.54) is 23.3 Å². The molecule has 0 bridgehead atoms. The smallest absolute Gasteiger partial charge is 0.321 e. The number of quaternary nitrogens is 1. The summed E-state index contributed by atoms with van der Waals surface area (Å²) < 4.78 is 11.3. The molecular weight excluding hydrogens is 382 g/mol. The molecule has 3 aliphatic rings. The third-order valence-corrected chi connectivity index (χ3v) is 6.21. The molecule has 7 nitrogen and oxygen atoms in total. The van der Waals surface area contributed by atoms with E-state index in [4.69, 9.17) is 9.47 Å². The summed E-state index contributed by atoms with van der Waals surface area (Å²) in [5.74, 6) is 1.33. The molecular formula is C23H32N3O4+. The van der Waals surface area contributed by atoms with Crippen LogP contribution in [-0.4, -0.2) is 44.8 Å². The van der Waals surface area contributed by atoms with E-state index in [1.807, 2.05) is 12.1 Å². The molecule has 2 atom stereocenters. The Bertz CT molecular complexity index is 808. The highest BCUT2D eigenvalue weighted by atomic mass is 16.6. The molecule has 1 fully saturated rings. The van der Waals surface area contributed by atoms with Crippen molar-refractivity contribution in [2.75, 3.05) is 32.8 Å². The zero-order chi connectivity index (χ0) is 20.8. The fourth-order valence-corrected chi connectivity index (χ4v) is 4.69. The molecule has 7 heteroatoms. The molecule has 2 heterocycles. The SMILES string of the molecule is O=C(C[NH+]1CCC[C@H]1c1ccc2c(c1)OCCO2)NC(=O)NCCC1=CCCCC1. The van der Waals surface area contributed by atoms with Gasteiger partial charge in [-0.15, -0.1) is 0 Å². The molecule has 162 valence electrons. The molecule has 1 saturated heterocycles. The van der Waals surface area contributed by atoms with Gasteiger partial charge in [-0.2, -0.15) is 0 Å². The van der Waals surface area contributed by atoms with Crippen LogP contribution in [0.2, 0.25) is 0 Å². The van der Waals surface area contributed by atoms with Gasteiger partial charge in [-0.05, 0) is 50.3 Å². The van der Waals surface area contributed by atoms with Gasteiger partial charge in [0.15, 0.2) is 18.0 Å². The third-order valence-electron chi connectivity index (χ3n) is 6.21. The summed E-state index contributed by atoms with van der Waals surface area (Å²) in [6, 6.07) is 5.89. The van der Waals surface area contributed by atoms with Crippen LogP contribution in [0.4, 0.5) is 4.79 Å². The van der Waals surface area contributed by atoms with Crippen LogP contribution in [0.3, 0.4) is 0 Å². The Morgan fingerprint density at radius 2 is 1.97 bits per heavy atom. The summed E-state index contributed by atoms with van der Waals surface area (Å²) in [4.78, 5) is 25.7. The minimum Gasteiger partial charge on any atom is -0.486 e. The van der Waals surface area contributed by atoms with E-state index in [1.54, 1.807) is 0 Å². The van der Waals surface area contributed by atoms with Crippen LogP contribution < -0.4 is 25.0 Å². The zero-order valence-electron chi connectivity index (χ0n) is 17.5.